The van der Waals surface area contributed by atoms with E-state index in [1.165, 1.54) is 7.11 Å². The molecule has 1 aromatic carbocycles. The summed E-state index contributed by atoms with van der Waals surface area (Å²) in [7, 11) is 2.99. The molecule has 0 atom stereocenters. The third-order valence-electron chi connectivity index (χ3n) is 2.43. The van der Waals surface area contributed by atoms with E-state index >= 15 is 0 Å². The molecule has 1 aromatic heterocycles. The van der Waals surface area contributed by atoms with Gasteiger partial charge in [0.15, 0.2) is 11.5 Å². The number of rotatable bonds is 5. The standard InChI is InChI=1S/C12H15N5O3/c1-7-4-5-8(9(6-7)18-2)20-12-15-10(17-13)14-11(16-12)19-3/h4-6H,13H2,1-3H3,(H,14,15,16,17). The molecule has 0 aliphatic carbocycles. The van der Waals surface area contributed by atoms with Crippen LogP contribution in [0.4, 0.5) is 5.95 Å². The molecular formula is C12H15N5O3. The summed E-state index contributed by atoms with van der Waals surface area (Å²) in [4.78, 5) is 11.8. The van der Waals surface area contributed by atoms with Gasteiger partial charge in [-0.05, 0) is 24.6 Å². The van der Waals surface area contributed by atoms with Crippen LogP contribution in [0.5, 0.6) is 23.5 Å². The number of hydrogen-bond acceptors (Lipinski definition) is 8. The highest BCUT2D eigenvalue weighted by Gasteiger charge is 2.11. The van der Waals surface area contributed by atoms with Crippen LogP contribution >= 0.6 is 0 Å². The van der Waals surface area contributed by atoms with Crippen LogP contribution in [-0.2, 0) is 0 Å². The van der Waals surface area contributed by atoms with Crippen LogP contribution in [0.1, 0.15) is 5.56 Å². The first-order chi connectivity index (χ1) is 9.66. The van der Waals surface area contributed by atoms with Gasteiger partial charge in [0, 0.05) is 0 Å². The first-order valence-corrected chi connectivity index (χ1v) is 5.75. The molecule has 0 fully saturated rings. The topological polar surface area (TPSA) is 104 Å². The average molecular weight is 277 g/mol. The zero-order chi connectivity index (χ0) is 14.5. The first-order valence-electron chi connectivity index (χ1n) is 5.75. The molecule has 0 bridgehead atoms. The van der Waals surface area contributed by atoms with Gasteiger partial charge in [-0.25, -0.2) is 5.84 Å². The fraction of sp³-hybridized carbons (Fsp3) is 0.250. The van der Waals surface area contributed by atoms with Gasteiger partial charge in [0.1, 0.15) is 0 Å². The summed E-state index contributed by atoms with van der Waals surface area (Å²) in [5, 5.41) is 0. The number of nitrogens with zero attached hydrogens (tertiary/aromatic N) is 3. The molecule has 2 aromatic rings. The molecular weight excluding hydrogens is 262 g/mol. The Kier molecular flexibility index (Phi) is 4.16. The van der Waals surface area contributed by atoms with E-state index in [1.807, 2.05) is 19.1 Å². The maximum absolute atomic E-state index is 5.58. The monoisotopic (exact) mass is 277 g/mol. The Morgan fingerprint density at radius 2 is 1.75 bits per heavy atom. The van der Waals surface area contributed by atoms with Gasteiger partial charge in [-0.3, -0.25) is 5.43 Å². The van der Waals surface area contributed by atoms with Crippen LogP contribution in [0, 0.1) is 6.92 Å². The van der Waals surface area contributed by atoms with E-state index in [4.69, 9.17) is 20.1 Å². The van der Waals surface area contributed by atoms with Crippen LogP contribution in [0.2, 0.25) is 0 Å². The number of nitrogens with one attached hydrogen (secondary N) is 1. The van der Waals surface area contributed by atoms with Crippen molar-refractivity contribution in [3.05, 3.63) is 23.8 Å². The third-order valence-corrected chi connectivity index (χ3v) is 2.43. The fourth-order valence-electron chi connectivity index (χ4n) is 1.50. The van der Waals surface area contributed by atoms with Crippen molar-refractivity contribution in [2.24, 2.45) is 5.84 Å². The summed E-state index contributed by atoms with van der Waals surface area (Å²) in [6, 6.07) is 5.63. The Bertz CT molecular complexity index is 583. The summed E-state index contributed by atoms with van der Waals surface area (Å²) < 4.78 is 15.8. The summed E-state index contributed by atoms with van der Waals surface area (Å²) in [5.41, 5.74) is 3.36. The number of hydrazine groups is 1. The Balaban J connectivity index is 2.34. The average Bonchev–Trinajstić information content (AvgIpc) is 2.48. The van der Waals surface area contributed by atoms with E-state index < -0.39 is 0 Å². The van der Waals surface area contributed by atoms with Crippen LogP contribution < -0.4 is 25.5 Å². The number of anilines is 1. The van der Waals surface area contributed by atoms with Crippen molar-refractivity contribution in [2.75, 3.05) is 19.6 Å². The highest BCUT2D eigenvalue weighted by atomic mass is 16.5. The molecule has 0 unspecified atom stereocenters. The molecule has 3 N–H and O–H groups in total. The van der Waals surface area contributed by atoms with Gasteiger partial charge < -0.3 is 14.2 Å². The van der Waals surface area contributed by atoms with Gasteiger partial charge in [-0.15, -0.1) is 4.98 Å². The molecule has 1 heterocycles. The quantitative estimate of drug-likeness (QED) is 0.622. The number of nitrogen functional groups attached to an aromatic ring is 1. The molecule has 0 saturated heterocycles. The van der Waals surface area contributed by atoms with E-state index in [0.717, 1.165) is 5.56 Å². The molecule has 8 heteroatoms. The van der Waals surface area contributed by atoms with Gasteiger partial charge in [0.2, 0.25) is 5.95 Å². The zero-order valence-electron chi connectivity index (χ0n) is 11.4. The van der Waals surface area contributed by atoms with Crippen molar-refractivity contribution in [1.82, 2.24) is 15.0 Å². The van der Waals surface area contributed by atoms with Crippen LogP contribution in [0.3, 0.4) is 0 Å². The predicted octanol–water partition coefficient (Wildman–Crippen LogP) is 1.28. The molecule has 0 amide bonds. The van der Waals surface area contributed by atoms with Crippen molar-refractivity contribution < 1.29 is 14.2 Å². The van der Waals surface area contributed by atoms with E-state index in [0.29, 0.717) is 11.5 Å². The largest absolute Gasteiger partial charge is 0.493 e. The van der Waals surface area contributed by atoms with Crippen LogP contribution in [0.25, 0.3) is 0 Å². The van der Waals surface area contributed by atoms with Gasteiger partial charge in [-0.2, -0.15) is 9.97 Å². The number of aryl methyl sites for hydroxylation is 1. The molecule has 20 heavy (non-hydrogen) atoms. The van der Waals surface area contributed by atoms with E-state index in [1.54, 1.807) is 13.2 Å². The SMILES string of the molecule is COc1nc(NN)nc(Oc2ccc(C)cc2OC)n1. The smallest absolute Gasteiger partial charge is 0.330 e. The van der Waals surface area contributed by atoms with E-state index in [9.17, 15) is 0 Å². The third kappa shape index (κ3) is 3.04. The minimum Gasteiger partial charge on any atom is -0.493 e. The Morgan fingerprint density at radius 3 is 2.40 bits per heavy atom. The van der Waals surface area contributed by atoms with E-state index in [-0.39, 0.29) is 18.0 Å². The molecule has 0 aliphatic rings. The Labute approximate surface area is 115 Å². The van der Waals surface area contributed by atoms with Gasteiger partial charge in [0.05, 0.1) is 14.2 Å². The molecule has 8 nitrogen and oxygen atoms in total. The molecule has 2 rings (SSSR count). The van der Waals surface area contributed by atoms with Crippen molar-refractivity contribution >= 4 is 5.95 Å². The van der Waals surface area contributed by atoms with Crippen LogP contribution in [0.15, 0.2) is 18.2 Å². The van der Waals surface area contributed by atoms with Crippen molar-refractivity contribution in [3.8, 4) is 23.5 Å². The van der Waals surface area contributed by atoms with Crippen molar-refractivity contribution in [1.29, 1.82) is 0 Å². The lowest BCUT2D eigenvalue weighted by Crippen LogP contribution is -2.12. The molecule has 0 spiro atoms. The molecule has 0 saturated carbocycles. The van der Waals surface area contributed by atoms with Gasteiger partial charge in [-0.1, -0.05) is 6.07 Å². The molecule has 106 valence electrons. The Hall–Kier alpha value is -2.61. The van der Waals surface area contributed by atoms with Crippen molar-refractivity contribution in [3.63, 3.8) is 0 Å². The lowest BCUT2D eigenvalue weighted by Gasteiger charge is -2.10. The Morgan fingerprint density at radius 1 is 1.00 bits per heavy atom. The second kappa shape index (κ2) is 6.02. The summed E-state index contributed by atoms with van der Waals surface area (Å²) in [5.74, 6) is 6.47. The lowest BCUT2D eigenvalue weighted by molar-refractivity contribution is 0.346. The maximum Gasteiger partial charge on any atom is 0.330 e. The number of aromatic nitrogens is 3. The fourth-order valence-corrected chi connectivity index (χ4v) is 1.50. The minimum absolute atomic E-state index is 0.0481. The number of methoxy groups -OCH3 is 2. The minimum atomic E-state index is 0.0481. The van der Waals surface area contributed by atoms with Gasteiger partial charge in [0.25, 0.3) is 0 Å². The number of benzene rings is 1. The predicted molar refractivity (Wildman–Crippen MR) is 72.0 cm³/mol. The molecule has 0 aliphatic heterocycles. The maximum atomic E-state index is 5.58. The second-order valence-electron chi connectivity index (χ2n) is 3.83. The number of ether oxygens (including phenoxy) is 3. The van der Waals surface area contributed by atoms with E-state index in [2.05, 4.69) is 20.4 Å². The highest BCUT2D eigenvalue weighted by molar-refractivity contribution is 5.44. The van der Waals surface area contributed by atoms with Gasteiger partial charge >= 0.3 is 12.0 Å². The summed E-state index contributed by atoms with van der Waals surface area (Å²) in [6.45, 7) is 1.95. The lowest BCUT2D eigenvalue weighted by atomic mass is 10.2. The van der Waals surface area contributed by atoms with Crippen LogP contribution in [-0.4, -0.2) is 29.2 Å². The normalized spacial score (nSPS) is 10.0. The number of hydrogen-bond donors (Lipinski definition) is 2. The summed E-state index contributed by atoms with van der Waals surface area (Å²) in [6.07, 6.45) is 0. The molecule has 0 radical (unpaired) electrons. The highest BCUT2D eigenvalue weighted by Crippen LogP contribution is 2.31. The zero-order valence-corrected chi connectivity index (χ0v) is 11.4. The summed E-state index contributed by atoms with van der Waals surface area (Å²) >= 11 is 0. The first kappa shape index (κ1) is 13.8. The number of nitrogens with two attached hydrogens (primary N) is 1. The van der Waals surface area contributed by atoms with Crippen molar-refractivity contribution in [2.45, 2.75) is 6.92 Å². The second-order valence-corrected chi connectivity index (χ2v) is 3.83.